The number of carbonyl (C=O) groups excluding carboxylic acids is 1. The zero-order valence-corrected chi connectivity index (χ0v) is 16.5. The van der Waals surface area contributed by atoms with Crippen LogP contribution in [-0.4, -0.2) is 58.3 Å². The van der Waals surface area contributed by atoms with Gasteiger partial charge in [0.2, 0.25) is 0 Å². The first-order chi connectivity index (χ1) is 13.4. The molecule has 7 heteroatoms. The zero-order chi connectivity index (χ0) is 20.1. The molecule has 2 aliphatic rings. The molecule has 0 saturated carbocycles. The van der Waals surface area contributed by atoms with Gasteiger partial charge in [-0.05, 0) is 55.4 Å². The molecule has 1 aromatic heterocycles. The molecule has 7 nitrogen and oxygen atoms in total. The van der Waals surface area contributed by atoms with Gasteiger partial charge in [0.15, 0.2) is 5.78 Å². The number of pyridine rings is 1. The van der Waals surface area contributed by atoms with E-state index < -0.39 is 11.6 Å². The molecule has 1 aromatic rings. The highest BCUT2D eigenvalue weighted by Gasteiger charge is 2.40. The number of rotatable bonds is 7. The van der Waals surface area contributed by atoms with E-state index in [1.807, 2.05) is 12.2 Å². The van der Waals surface area contributed by atoms with Crippen LogP contribution in [0.1, 0.15) is 43.5 Å². The highest BCUT2D eigenvalue weighted by molar-refractivity contribution is 6.07. The lowest BCUT2D eigenvalue weighted by molar-refractivity contribution is 0.0874. The molecule has 0 radical (unpaired) electrons. The number of carboxylic acid groups (broad SMARTS) is 1. The fourth-order valence-corrected chi connectivity index (χ4v) is 3.76. The Morgan fingerprint density at radius 1 is 1.36 bits per heavy atom. The largest absolute Gasteiger partial charge is 0.465 e. The van der Waals surface area contributed by atoms with Crippen LogP contribution in [0.4, 0.5) is 10.6 Å². The van der Waals surface area contributed by atoms with Crippen LogP contribution in [0.2, 0.25) is 0 Å². The summed E-state index contributed by atoms with van der Waals surface area (Å²) in [6.07, 6.45) is 8.26. The van der Waals surface area contributed by atoms with E-state index in [9.17, 15) is 9.59 Å². The van der Waals surface area contributed by atoms with Crippen molar-refractivity contribution >= 4 is 23.9 Å². The van der Waals surface area contributed by atoms with Gasteiger partial charge in [0.05, 0.1) is 0 Å². The van der Waals surface area contributed by atoms with Crippen LogP contribution >= 0.6 is 0 Å². The lowest BCUT2D eigenvalue weighted by atomic mass is 9.79. The molecule has 1 saturated heterocycles. The van der Waals surface area contributed by atoms with Gasteiger partial charge in [0.1, 0.15) is 11.4 Å². The van der Waals surface area contributed by atoms with E-state index in [0.717, 1.165) is 19.4 Å². The molecule has 28 heavy (non-hydrogen) atoms. The van der Waals surface area contributed by atoms with Crippen LogP contribution in [-0.2, 0) is 0 Å². The summed E-state index contributed by atoms with van der Waals surface area (Å²) in [6, 6.07) is 3.53. The average molecular weight is 384 g/mol. The van der Waals surface area contributed by atoms with Gasteiger partial charge in [-0.25, -0.2) is 9.78 Å². The minimum Gasteiger partial charge on any atom is -0.465 e. The Morgan fingerprint density at radius 2 is 2.11 bits per heavy atom. The van der Waals surface area contributed by atoms with E-state index in [-0.39, 0.29) is 11.7 Å². The highest BCUT2D eigenvalue weighted by atomic mass is 16.4. The summed E-state index contributed by atoms with van der Waals surface area (Å²) >= 11 is 0. The van der Waals surface area contributed by atoms with E-state index >= 15 is 0 Å². The molecule has 1 amide bonds. The number of carbonyl (C=O) groups is 2. The van der Waals surface area contributed by atoms with Gasteiger partial charge in [-0.1, -0.05) is 13.8 Å². The number of amides is 1. The smallest absolute Gasteiger partial charge is 0.407 e. The van der Waals surface area contributed by atoms with Crippen LogP contribution in [0.15, 0.2) is 35.5 Å². The van der Waals surface area contributed by atoms with Crippen molar-refractivity contribution in [2.75, 3.05) is 25.0 Å². The average Bonchev–Trinajstić information content (AvgIpc) is 3.16. The fourth-order valence-electron chi connectivity index (χ4n) is 3.76. The molecule has 0 spiro atoms. The highest BCUT2D eigenvalue weighted by Crippen LogP contribution is 2.34. The van der Waals surface area contributed by atoms with Crippen molar-refractivity contribution in [2.45, 2.75) is 38.6 Å². The predicted molar refractivity (Wildman–Crippen MR) is 109 cm³/mol. The van der Waals surface area contributed by atoms with Crippen LogP contribution < -0.4 is 5.32 Å². The number of Topliss-reactive ketones (excluding diaryl/α,β-unsaturated/α-hetero) is 1. The second-order valence-corrected chi connectivity index (χ2v) is 8.01. The molecule has 1 unspecified atom stereocenters. The van der Waals surface area contributed by atoms with Crippen LogP contribution in [0.5, 0.6) is 0 Å². The minimum atomic E-state index is -0.896. The Morgan fingerprint density at radius 3 is 2.71 bits per heavy atom. The Balaban J connectivity index is 1.72. The van der Waals surface area contributed by atoms with Crippen molar-refractivity contribution in [1.82, 2.24) is 9.88 Å². The molecule has 1 fully saturated rings. The molecular formula is C21H28N4O3. The molecule has 1 atom stereocenters. The van der Waals surface area contributed by atoms with Crippen molar-refractivity contribution in [1.29, 1.82) is 0 Å². The summed E-state index contributed by atoms with van der Waals surface area (Å²) in [6.45, 7) is 6.04. The maximum atomic E-state index is 13.4. The summed E-state index contributed by atoms with van der Waals surface area (Å²) < 4.78 is 0. The van der Waals surface area contributed by atoms with Gasteiger partial charge < -0.3 is 15.3 Å². The number of allylic oxidation sites excluding steroid dienone is 1. The normalized spacial score (nSPS) is 22.0. The number of piperidine rings is 1. The molecule has 3 heterocycles. The molecule has 3 rings (SSSR count). The Hall–Kier alpha value is -2.70. The number of aromatic nitrogens is 1. The Bertz CT molecular complexity index is 768. The van der Waals surface area contributed by atoms with Crippen LogP contribution in [0.25, 0.3) is 0 Å². The summed E-state index contributed by atoms with van der Waals surface area (Å²) in [5.41, 5.74) is -0.305. The number of nitrogens with one attached hydrogen (secondary N) is 1. The van der Waals surface area contributed by atoms with Gasteiger partial charge in [-0.2, -0.15) is 0 Å². The lowest BCUT2D eigenvalue weighted by Gasteiger charge is -2.34. The second-order valence-electron chi connectivity index (χ2n) is 8.01. The van der Waals surface area contributed by atoms with Gasteiger partial charge in [-0.15, -0.1) is 0 Å². The number of aliphatic imine (C=N–C) groups is 1. The Kier molecular flexibility index (Phi) is 6.11. The first-order valence-corrected chi connectivity index (χ1v) is 9.85. The molecule has 0 aromatic carbocycles. The maximum Gasteiger partial charge on any atom is 0.407 e. The molecule has 2 N–H and O–H groups in total. The topological polar surface area (TPSA) is 94.9 Å². The first-order valence-electron chi connectivity index (χ1n) is 9.85. The Labute approximate surface area is 165 Å². The number of hydrogen-bond acceptors (Lipinski definition) is 5. The van der Waals surface area contributed by atoms with E-state index in [1.54, 1.807) is 24.5 Å². The van der Waals surface area contributed by atoms with Gasteiger partial charge in [0.25, 0.3) is 0 Å². The van der Waals surface area contributed by atoms with E-state index in [2.05, 4.69) is 29.1 Å². The van der Waals surface area contributed by atoms with Gasteiger partial charge >= 0.3 is 6.09 Å². The summed E-state index contributed by atoms with van der Waals surface area (Å²) in [5.74, 6) is 1.40. The van der Waals surface area contributed by atoms with E-state index in [1.165, 1.54) is 4.90 Å². The third-order valence-electron chi connectivity index (χ3n) is 5.35. The van der Waals surface area contributed by atoms with Gasteiger partial charge in [-0.3, -0.25) is 9.79 Å². The summed E-state index contributed by atoms with van der Waals surface area (Å²) in [7, 11) is 0. The van der Waals surface area contributed by atoms with E-state index in [0.29, 0.717) is 36.8 Å². The second kappa shape index (κ2) is 8.54. The van der Waals surface area contributed by atoms with E-state index in [4.69, 9.17) is 5.11 Å². The molecule has 0 bridgehead atoms. The molecule has 150 valence electrons. The SMILES string of the molecule is CC(C)CNc1cc(C(=O)C2(CC3CCN(C(=O)O)CC3)C=CC=N2)ccn1. The lowest BCUT2D eigenvalue weighted by Crippen LogP contribution is -2.41. The number of hydrogen-bond donors (Lipinski definition) is 2. The van der Waals surface area contributed by atoms with Crippen LogP contribution in [0, 0.1) is 11.8 Å². The fraction of sp³-hybridized carbons (Fsp3) is 0.524. The quantitative estimate of drug-likeness (QED) is 0.702. The zero-order valence-electron chi connectivity index (χ0n) is 16.5. The molecule has 0 aliphatic carbocycles. The monoisotopic (exact) mass is 384 g/mol. The van der Waals surface area contributed by atoms with Crippen molar-refractivity contribution in [3.63, 3.8) is 0 Å². The van der Waals surface area contributed by atoms with Crippen molar-refractivity contribution in [3.8, 4) is 0 Å². The van der Waals surface area contributed by atoms with Crippen molar-refractivity contribution < 1.29 is 14.7 Å². The number of nitrogens with zero attached hydrogens (tertiary/aromatic N) is 3. The summed E-state index contributed by atoms with van der Waals surface area (Å²) in [4.78, 5) is 34.8. The predicted octanol–water partition coefficient (Wildman–Crippen LogP) is 3.49. The molecule has 2 aliphatic heterocycles. The third kappa shape index (κ3) is 4.58. The van der Waals surface area contributed by atoms with Gasteiger partial charge in [0, 0.05) is 37.6 Å². The van der Waals surface area contributed by atoms with Crippen molar-refractivity contribution in [2.24, 2.45) is 16.8 Å². The number of likely N-dealkylation sites (tertiary alicyclic amines) is 1. The minimum absolute atomic E-state index is 0.0341. The standard InChI is InChI=1S/C21H28N4O3/c1-15(2)14-23-18-12-17(4-9-22-18)19(26)21(7-3-8-24-21)13-16-5-10-25(11-6-16)20(27)28/h3-4,7-9,12,15-16H,5-6,10-11,13-14H2,1-2H3,(H,22,23)(H,27,28). The number of anilines is 1. The third-order valence-corrected chi connectivity index (χ3v) is 5.35. The van der Waals surface area contributed by atoms with Crippen molar-refractivity contribution in [3.05, 3.63) is 36.0 Å². The molecular weight excluding hydrogens is 356 g/mol. The maximum absolute atomic E-state index is 13.4. The first kappa shape index (κ1) is 20.0. The summed E-state index contributed by atoms with van der Waals surface area (Å²) in [5, 5.41) is 12.4. The number of ketones is 1. The van der Waals surface area contributed by atoms with Crippen LogP contribution in [0.3, 0.4) is 0 Å².